The van der Waals surface area contributed by atoms with Crippen molar-refractivity contribution >= 4 is 17.6 Å². The fourth-order valence-electron chi connectivity index (χ4n) is 2.57. The average Bonchev–Trinajstić information content (AvgIpc) is 2.49. The Morgan fingerprint density at radius 2 is 1.33 bits per heavy atom. The summed E-state index contributed by atoms with van der Waals surface area (Å²) in [4.78, 5) is 11.0. The summed E-state index contributed by atoms with van der Waals surface area (Å²) >= 11 is 6.27. The van der Waals surface area contributed by atoms with Gasteiger partial charge >= 0.3 is 5.97 Å². The van der Waals surface area contributed by atoms with Gasteiger partial charge in [-0.1, -0.05) is 71.1 Å². The Balaban J connectivity index is 3.17. The summed E-state index contributed by atoms with van der Waals surface area (Å²) < 4.78 is 4.62. The van der Waals surface area contributed by atoms with Gasteiger partial charge in [0, 0.05) is 11.8 Å². The summed E-state index contributed by atoms with van der Waals surface area (Å²) in [6.07, 6.45) is 17.0. The van der Waals surface area contributed by atoms with Crippen LogP contribution < -0.4 is 0 Å². The standard InChI is InChI=1S/C18H35ClO2/c1-3-4-5-6-7-8-9-10-11-12-14-17(19)15-13-16-18(20)21-2/h17H,3-16H2,1-2H3. The molecule has 0 fully saturated rings. The Kier molecular flexibility index (Phi) is 16.0. The maximum atomic E-state index is 11.0. The third-order valence-corrected chi connectivity index (χ3v) is 4.43. The van der Waals surface area contributed by atoms with E-state index in [0.29, 0.717) is 6.42 Å². The van der Waals surface area contributed by atoms with Crippen LogP contribution in [0.2, 0.25) is 0 Å². The molecule has 0 aromatic carbocycles. The Morgan fingerprint density at radius 3 is 1.86 bits per heavy atom. The van der Waals surface area contributed by atoms with E-state index in [9.17, 15) is 4.79 Å². The summed E-state index contributed by atoms with van der Waals surface area (Å²) in [5.41, 5.74) is 0. The number of hydrogen-bond acceptors (Lipinski definition) is 2. The number of unbranched alkanes of at least 4 members (excludes halogenated alkanes) is 9. The van der Waals surface area contributed by atoms with E-state index in [1.807, 2.05) is 0 Å². The largest absolute Gasteiger partial charge is 0.469 e. The number of alkyl halides is 1. The van der Waals surface area contributed by atoms with Crippen LogP contribution in [0.1, 0.15) is 96.8 Å². The summed E-state index contributed by atoms with van der Waals surface area (Å²) in [6.45, 7) is 2.26. The van der Waals surface area contributed by atoms with E-state index in [0.717, 1.165) is 19.3 Å². The van der Waals surface area contributed by atoms with Gasteiger partial charge in [-0.05, 0) is 19.3 Å². The van der Waals surface area contributed by atoms with Crippen LogP contribution in [0.5, 0.6) is 0 Å². The lowest BCUT2D eigenvalue weighted by Crippen LogP contribution is -2.03. The predicted molar refractivity (Wildman–Crippen MR) is 92.0 cm³/mol. The molecule has 0 saturated heterocycles. The van der Waals surface area contributed by atoms with E-state index in [-0.39, 0.29) is 11.3 Å². The molecule has 0 aliphatic carbocycles. The average molecular weight is 319 g/mol. The van der Waals surface area contributed by atoms with Gasteiger partial charge in [0.1, 0.15) is 0 Å². The molecule has 0 bridgehead atoms. The molecule has 1 unspecified atom stereocenters. The summed E-state index contributed by atoms with van der Waals surface area (Å²) in [7, 11) is 1.43. The van der Waals surface area contributed by atoms with Crippen LogP contribution in [0.3, 0.4) is 0 Å². The minimum absolute atomic E-state index is 0.127. The lowest BCUT2D eigenvalue weighted by molar-refractivity contribution is -0.140. The molecule has 126 valence electrons. The van der Waals surface area contributed by atoms with E-state index in [4.69, 9.17) is 11.6 Å². The maximum Gasteiger partial charge on any atom is 0.305 e. The number of ether oxygens (including phenoxy) is 1. The monoisotopic (exact) mass is 318 g/mol. The SMILES string of the molecule is CCCCCCCCCCCCC(Cl)CCCC(=O)OC. The molecule has 1 atom stereocenters. The fourth-order valence-corrected chi connectivity index (χ4v) is 2.88. The van der Waals surface area contributed by atoms with Crippen LogP contribution in [0.15, 0.2) is 0 Å². The molecule has 0 aliphatic heterocycles. The lowest BCUT2D eigenvalue weighted by atomic mass is 10.0. The van der Waals surface area contributed by atoms with Crippen molar-refractivity contribution in [2.75, 3.05) is 7.11 Å². The highest BCUT2D eigenvalue weighted by Gasteiger charge is 2.06. The van der Waals surface area contributed by atoms with Gasteiger partial charge in [0.25, 0.3) is 0 Å². The number of halogens is 1. The molecular weight excluding hydrogens is 284 g/mol. The van der Waals surface area contributed by atoms with Gasteiger partial charge in [0.05, 0.1) is 7.11 Å². The Bertz CT molecular complexity index is 231. The van der Waals surface area contributed by atoms with Gasteiger partial charge in [0.2, 0.25) is 0 Å². The minimum atomic E-state index is -0.127. The number of carbonyl (C=O) groups is 1. The molecule has 21 heavy (non-hydrogen) atoms. The minimum Gasteiger partial charge on any atom is -0.469 e. The van der Waals surface area contributed by atoms with Gasteiger partial charge in [-0.25, -0.2) is 0 Å². The first-order valence-corrected chi connectivity index (χ1v) is 9.35. The van der Waals surface area contributed by atoms with E-state index < -0.39 is 0 Å². The van der Waals surface area contributed by atoms with Crippen LogP contribution >= 0.6 is 11.6 Å². The van der Waals surface area contributed by atoms with Crippen molar-refractivity contribution in [1.82, 2.24) is 0 Å². The quantitative estimate of drug-likeness (QED) is 0.203. The zero-order chi connectivity index (χ0) is 15.8. The van der Waals surface area contributed by atoms with Crippen molar-refractivity contribution in [2.45, 2.75) is 102 Å². The molecule has 2 nitrogen and oxygen atoms in total. The highest BCUT2D eigenvalue weighted by atomic mass is 35.5. The highest BCUT2D eigenvalue weighted by Crippen LogP contribution is 2.17. The second-order valence-electron chi connectivity index (χ2n) is 6.04. The zero-order valence-corrected chi connectivity index (χ0v) is 14.9. The van der Waals surface area contributed by atoms with Gasteiger partial charge in [0.15, 0.2) is 0 Å². The van der Waals surface area contributed by atoms with E-state index in [1.165, 1.54) is 71.3 Å². The van der Waals surface area contributed by atoms with Crippen molar-refractivity contribution < 1.29 is 9.53 Å². The van der Waals surface area contributed by atoms with Crippen molar-refractivity contribution in [3.63, 3.8) is 0 Å². The summed E-state index contributed by atoms with van der Waals surface area (Å²) in [6, 6.07) is 0. The molecule has 0 aromatic rings. The first kappa shape index (κ1) is 20.8. The van der Waals surface area contributed by atoms with Crippen molar-refractivity contribution in [3.05, 3.63) is 0 Å². The maximum absolute atomic E-state index is 11.0. The molecule has 0 spiro atoms. The molecule has 0 heterocycles. The molecule has 0 aliphatic rings. The highest BCUT2D eigenvalue weighted by molar-refractivity contribution is 6.20. The second kappa shape index (κ2) is 16.1. The number of rotatable bonds is 15. The van der Waals surface area contributed by atoms with Crippen LogP contribution in [0.4, 0.5) is 0 Å². The molecule has 0 N–H and O–H groups in total. The molecule has 0 radical (unpaired) electrons. The van der Waals surface area contributed by atoms with Crippen LogP contribution in [0.25, 0.3) is 0 Å². The molecule has 0 amide bonds. The Hall–Kier alpha value is -0.240. The Morgan fingerprint density at radius 1 is 0.857 bits per heavy atom. The van der Waals surface area contributed by atoms with Crippen molar-refractivity contribution in [1.29, 1.82) is 0 Å². The molecule has 3 heteroatoms. The van der Waals surface area contributed by atoms with Gasteiger partial charge < -0.3 is 4.74 Å². The van der Waals surface area contributed by atoms with Gasteiger partial charge in [-0.2, -0.15) is 0 Å². The summed E-state index contributed by atoms with van der Waals surface area (Å²) in [5, 5.41) is 0.226. The van der Waals surface area contributed by atoms with Crippen LogP contribution in [0, 0.1) is 0 Å². The summed E-state index contributed by atoms with van der Waals surface area (Å²) in [5.74, 6) is -0.127. The van der Waals surface area contributed by atoms with Crippen molar-refractivity contribution in [3.8, 4) is 0 Å². The van der Waals surface area contributed by atoms with Crippen molar-refractivity contribution in [2.24, 2.45) is 0 Å². The molecule has 0 aromatic heterocycles. The first-order chi connectivity index (χ1) is 10.2. The van der Waals surface area contributed by atoms with E-state index >= 15 is 0 Å². The topological polar surface area (TPSA) is 26.3 Å². The normalized spacial score (nSPS) is 12.3. The molecule has 0 saturated carbocycles. The fraction of sp³-hybridized carbons (Fsp3) is 0.944. The molecule has 0 rings (SSSR count). The Labute approximate surface area is 137 Å². The number of hydrogen-bond donors (Lipinski definition) is 0. The molecular formula is C18H35ClO2. The zero-order valence-electron chi connectivity index (χ0n) is 14.2. The third kappa shape index (κ3) is 16.0. The smallest absolute Gasteiger partial charge is 0.305 e. The number of methoxy groups -OCH3 is 1. The van der Waals surface area contributed by atoms with E-state index in [2.05, 4.69) is 11.7 Å². The third-order valence-electron chi connectivity index (χ3n) is 4.00. The lowest BCUT2D eigenvalue weighted by Gasteiger charge is -2.08. The number of carbonyl (C=O) groups excluding carboxylic acids is 1. The van der Waals surface area contributed by atoms with E-state index in [1.54, 1.807) is 0 Å². The van der Waals surface area contributed by atoms with Crippen LogP contribution in [-0.2, 0) is 9.53 Å². The number of esters is 1. The van der Waals surface area contributed by atoms with Crippen LogP contribution in [-0.4, -0.2) is 18.5 Å². The first-order valence-electron chi connectivity index (χ1n) is 8.91. The predicted octanol–water partition coefficient (Wildman–Crippen LogP) is 6.25. The second-order valence-corrected chi connectivity index (χ2v) is 6.65. The van der Waals surface area contributed by atoms with Gasteiger partial charge in [-0.15, -0.1) is 11.6 Å². The van der Waals surface area contributed by atoms with Gasteiger partial charge in [-0.3, -0.25) is 4.79 Å².